The van der Waals surface area contributed by atoms with Gasteiger partial charge in [0, 0.05) is 18.3 Å². The fraction of sp³-hybridized carbons (Fsp3) is 0.538. The molecule has 5 heteroatoms. The summed E-state index contributed by atoms with van der Waals surface area (Å²) in [5, 5.41) is 3.28. The predicted molar refractivity (Wildman–Crippen MR) is 75.5 cm³/mol. The lowest BCUT2D eigenvalue weighted by molar-refractivity contribution is 0.382. The van der Waals surface area contributed by atoms with E-state index >= 15 is 0 Å². The largest absolute Gasteiger partial charge is 0.377 e. The Morgan fingerprint density at radius 2 is 1.89 bits per heavy atom. The molecule has 3 N–H and O–H groups in total. The van der Waals surface area contributed by atoms with Crippen LogP contribution in [0.5, 0.6) is 0 Å². The van der Waals surface area contributed by atoms with E-state index in [4.69, 9.17) is 5.73 Å². The third-order valence-corrected chi connectivity index (χ3v) is 4.56. The average molecular weight is 270 g/mol. The Morgan fingerprint density at radius 1 is 1.33 bits per heavy atom. The highest BCUT2D eigenvalue weighted by molar-refractivity contribution is 7.90. The van der Waals surface area contributed by atoms with Crippen molar-refractivity contribution in [3.8, 4) is 0 Å². The van der Waals surface area contributed by atoms with Crippen LogP contribution in [0.25, 0.3) is 0 Å². The summed E-state index contributed by atoms with van der Waals surface area (Å²) in [6.45, 7) is 6.55. The maximum Gasteiger partial charge on any atom is 0.177 e. The van der Waals surface area contributed by atoms with Gasteiger partial charge in [0.15, 0.2) is 9.84 Å². The van der Waals surface area contributed by atoms with Gasteiger partial charge in [0.1, 0.15) is 0 Å². The number of anilines is 1. The molecule has 1 rings (SSSR count). The molecule has 0 bridgehead atoms. The molecule has 0 radical (unpaired) electrons. The Balaban J connectivity index is 3.20. The Hall–Kier alpha value is -1.07. The molecule has 0 fully saturated rings. The van der Waals surface area contributed by atoms with Gasteiger partial charge >= 0.3 is 0 Å². The molecule has 1 aromatic carbocycles. The van der Waals surface area contributed by atoms with Gasteiger partial charge in [-0.15, -0.1) is 0 Å². The second-order valence-electron chi connectivity index (χ2n) is 5.17. The Bertz CT molecular complexity index is 511. The molecule has 0 amide bonds. The van der Waals surface area contributed by atoms with E-state index in [9.17, 15) is 8.42 Å². The molecular weight excluding hydrogens is 248 g/mol. The van der Waals surface area contributed by atoms with Gasteiger partial charge in [-0.05, 0) is 25.0 Å². The average Bonchev–Trinajstić information content (AvgIpc) is 2.28. The van der Waals surface area contributed by atoms with Crippen molar-refractivity contribution in [2.75, 3.05) is 18.1 Å². The topological polar surface area (TPSA) is 72.2 Å². The first-order valence-corrected chi connectivity index (χ1v) is 7.87. The van der Waals surface area contributed by atoms with E-state index in [1.165, 1.54) is 6.26 Å². The van der Waals surface area contributed by atoms with Crippen molar-refractivity contribution in [3.05, 3.63) is 24.3 Å². The summed E-state index contributed by atoms with van der Waals surface area (Å²) < 4.78 is 23.5. The number of nitrogens with one attached hydrogen (secondary N) is 1. The van der Waals surface area contributed by atoms with Gasteiger partial charge in [0.05, 0.1) is 10.6 Å². The van der Waals surface area contributed by atoms with Crippen LogP contribution >= 0.6 is 0 Å². The van der Waals surface area contributed by atoms with Gasteiger partial charge in [-0.3, -0.25) is 0 Å². The number of benzene rings is 1. The van der Waals surface area contributed by atoms with E-state index in [-0.39, 0.29) is 11.5 Å². The molecule has 0 saturated carbocycles. The van der Waals surface area contributed by atoms with Crippen LogP contribution in [0.4, 0.5) is 5.69 Å². The molecule has 0 spiro atoms. The number of nitrogens with two attached hydrogens (primary N) is 1. The quantitative estimate of drug-likeness (QED) is 0.857. The van der Waals surface area contributed by atoms with Crippen molar-refractivity contribution < 1.29 is 8.42 Å². The second kappa shape index (κ2) is 5.28. The third-order valence-electron chi connectivity index (χ3n) is 3.41. The maximum absolute atomic E-state index is 11.7. The van der Waals surface area contributed by atoms with Crippen LogP contribution in [-0.2, 0) is 9.84 Å². The first kappa shape index (κ1) is 15.0. The summed E-state index contributed by atoms with van der Waals surface area (Å²) in [7, 11) is -3.24. The van der Waals surface area contributed by atoms with Gasteiger partial charge in [-0.1, -0.05) is 26.0 Å². The summed E-state index contributed by atoms with van der Waals surface area (Å²) in [5.74, 6) is 0.287. The lowest BCUT2D eigenvalue weighted by Crippen LogP contribution is -2.47. The Kier molecular flexibility index (Phi) is 4.40. The lowest BCUT2D eigenvalue weighted by Gasteiger charge is -2.35. The van der Waals surface area contributed by atoms with Crippen molar-refractivity contribution in [2.24, 2.45) is 11.7 Å². The zero-order valence-electron chi connectivity index (χ0n) is 11.4. The van der Waals surface area contributed by atoms with E-state index < -0.39 is 9.84 Å². The summed E-state index contributed by atoms with van der Waals surface area (Å²) >= 11 is 0. The summed E-state index contributed by atoms with van der Waals surface area (Å²) in [4.78, 5) is 0.310. The molecule has 0 heterocycles. The summed E-state index contributed by atoms with van der Waals surface area (Å²) in [6.07, 6.45) is 1.21. The van der Waals surface area contributed by atoms with E-state index in [1.54, 1.807) is 18.2 Å². The van der Waals surface area contributed by atoms with E-state index in [0.29, 0.717) is 17.1 Å². The van der Waals surface area contributed by atoms with Crippen LogP contribution in [0.15, 0.2) is 29.2 Å². The summed E-state index contributed by atoms with van der Waals surface area (Å²) in [5.41, 5.74) is 6.08. The number of rotatable bonds is 5. The molecule has 1 atom stereocenters. The minimum atomic E-state index is -3.24. The van der Waals surface area contributed by atoms with Gasteiger partial charge in [-0.2, -0.15) is 0 Å². The zero-order chi connectivity index (χ0) is 14.0. The van der Waals surface area contributed by atoms with Gasteiger partial charge < -0.3 is 11.1 Å². The molecule has 0 aliphatic rings. The van der Waals surface area contributed by atoms with Gasteiger partial charge in [0.25, 0.3) is 0 Å². The standard InChI is InChI=1S/C13H22N2O2S/c1-10(2)13(3,9-14)15-11-7-5-6-8-12(11)18(4,16)17/h5-8,10,15H,9,14H2,1-4H3. The summed E-state index contributed by atoms with van der Waals surface area (Å²) in [6, 6.07) is 6.91. The number of hydrogen-bond donors (Lipinski definition) is 2. The fourth-order valence-corrected chi connectivity index (χ4v) is 2.48. The van der Waals surface area contributed by atoms with Crippen LogP contribution in [-0.4, -0.2) is 26.8 Å². The minimum absolute atomic E-state index is 0.287. The molecule has 102 valence electrons. The Morgan fingerprint density at radius 3 is 2.33 bits per heavy atom. The lowest BCUT2D eigenvalue weighted by atomic mass is 9.88. The molecular formula is C13H22N2O2S. The predicted octanol–water partition coefficient (Wildman–Crippen LogP) is 1.88. The van der Waals surface area contributed by atoms with Crippen molar-refractivity contribution >= 4 is 15.5 Å². The maximum atomic E-state index is 11.7. The highest BCUT2D eigenvalue weighted by Crippen LogP contribution is 2.27. The molecule has 0 saturated heterocycles. The smallest absolute Gasteiger partial charge is 0.177 e. The van der Waals surface area contributed by atoms with Crippen LogP contribution < -0.4 is 11.1 Å². The normalized spacial score (nSPS) is 15.4. The second-order valence-corrected chi connectivity index (χ2v) is 7.15. The molecule has 0 aliphatic carbocycles. The number of hydrogen-bond acceptors (Lipinski definition) is 4. The molecule has 1 unspecified atom stereocenters. The SMILES string of the molecule is CC(C)C(C)(CN)Nc1ccccc1S(C)(=O)=O. The van der Waals surface area contributed by atoms with Crippen molar-refractivity contribution in [3.63, 3.8) is 0 Å². The highest BCUT2D eigenvalue weighted by atomic mass is 32.2. The van der Waals surface area contributed by atoms with Crippen LogP contribution in [0.1, 0.15) is 20.8 Å². The van der Waals surface area contributed by atoms with Crippen LogP contribution in [0.3, 0.4) is 0 Å². The third kappa shape index (κ3) is 3.23. The molecule has 18 heavy (non-hydrogen) atoms. The first-order chi connectivity index (χ1) is 8.20. The minimum Gasteiger partial charge on any atom is -0.377 e. The monoisotopic (exact) mass is 270 g/mol. The van der Waals surface area contributed by atoms with Gasteiger partial charge in [-0.25, -0.2) is 8.42 Å². The van der Waals surface area contributed by atoms with Crippen molar-refractivity contribution in [2.45, 2.75) is 31.2 Å². The Labute approximate surface area is 110 Å². The van der Waals surface area contributed by atoms with Crippen LogP contribution in [0, 0.1) is 5.92 Å². The zero-order valence-corrected chi connectivity index (χ0v) is 12.2. The molecule has 0 aromatic heterocycles. The fourth-order valence-electron chi connectivity index (χ4n) is 1.63. The number of sulfone groups is 1. The molecule has 0 aliphatic heterocycles. The van der Waals surface area contributed by atoms with Crippen molar-refractivity contribution in [1.29, 1.82) is 0 Å². The molecule has 1 aromatic rings. The molecule has 4 nitrogen and oxygen atoms in total. The first-order valence-electron chi connectivity index (χ1n) is 5.98. The van der Waals surface area contributed by atoms with Gasteiger partial charge in [0.2, 0.25) is 0 Å². The van der Waals surface area contributed by atoms with E-state index in [0.717, 1.165) is 0 Å². The van der Waals surface area contributed by atoms with Crippen molar-refractivity contribution in [1.82, 2.24) is 0 Å². The van der Waals surface area contributed by atoms with Crippen LogP contribution in [0.2, 0.25) is 0 Å². The number of para-hydroxylation sites is 1. The van der Waals surface area contributed by atoms with E-state index in [2.05, 4.69) is 19.2 Å². The highest BCUT2D eigenvalue weighted by Gasteiger charge is 2.28. The van der Waals surface area contributed by atoms with E-state index in [1.807, 2.05) is 13.0 Å².